The lowest BCUT2D eigenvalue weighted by Crippen LogP contribution is -2.26. The summed E-state index contributed by atoms with van der Waals surface area (Å²) in [5.74, 6) is -0.323. The fourth-order valence-electron chi connectivity index (χ4n) is 2.35. The number of aryl methyl sites for hydroxylation is 1. The van der Waals surface area contributed by atoms with Gasteiger partial charge < -0.3 is 5.32 Å². The van der Waals surface area contributed by atoms with Crippen molar-refractivity contribution in [3.05, 3.63) is 57.9 Å². The van der Waals surface area contributed by atoms with Crippen LogP contribution < -0.4 is 5.32 Å². The van der Waals surface area contributed by atoms with E-state index in [2.05, 4.69) is 10.4 Å². The average molecular weight is 370 g/mol. The van der Waals surface area contributed by atoms with Crippen molar-refractivity contribution in [2.45, 2.75) is 38.5 Å². The first kappa shape index (κ1) is 19.4. The number of rotatable bonds is 7. The third-order valence-electron chi connectivity index (χ3n) is 3.71. The summed E-state index contributed by atoms with van der Waals surface area (Å²) in [4.78, 5) is 21.9. The molecule has 2 rings (SSSR count). The Morgan fingerprint density at radius 1 is 1.42 bits per heavy atom. The summed E-state index contributed by atoms with van der Waals surface area (Å²) in [6, 6.07) is 4.22. The summed E-state index contributed by atoms with van der Waals surface area (Å²) in [5.41, 5.74) is -0.542. The summed E-state index contributed by atoms with van der Waals surface area (Å²) < 4.78 is 39.6. The summed E-state index contributed by atoms with van der Waals surface area (Å²) in [6.07, 6.45) is -1.54. The van der Waals surface area contributed by atoms with Crippen LogP contribution in [0.5, 0.6) is 0 Å². The molecule has 1 aromatic carbocycles. The maximum absolute atomic E-state index is 12.7. The minimum Gasteiger partial charge on any atom is -0.350 e. The lowest BCUT2D eigenvalue weighted by Gasteiger charge is -2.16. The molecule has 1 unspecified atom stereocenters. The Morgan fingerprint density at radius 2 is 2.15 bits per heavy atom. The second kappa shape index (κ2) is 7.98. The highest BCUT2D eigenvalue weighted by Gasteiger charge is 2.30. The topological polar surface area (TPSA) is 90.1 Å². The first-order valence-corrected chi connectivity index (χ1v) is 7.80. The van der Waals surface area contributed by atoms with Crippen molar-refractivity contribution in [3.63, 3.8) is 0 Å². The summed E-state index contributed by atoms with van der Waals surface area (Å²) >= 11 is 0. The molecule has 0 radical (unpaired) electrons. The molecule has 0 aliphatic heterocycles. The van der Waals surface area contributed by atoms with Crippen molar-refractivity contribution in [1.82, 2.24) is 15.1 Å². The molecular formula is C16H17F3N4O3. The van der Waals surface area contributed by atoms with Gasteiger partial charge in [0.2, 0.25) is 5.91 Å². The quantitative estimate of drug-likeness (QED) is 0.597. The van der Waals surface area contributed by atoms with Crippen molar-refractivity contribution in [1.29, 1.82) is 0 Å². The zero-order valence-electron chi connectivity index (χ0n) is 13.9. The Hall–Kier alpha value is -2.91. The van der Waals surface area contributed by atoms with E-state index in [0.717, 1.165) is 18.3 Å². The molecule has 1 atom stereocenters. The molecule has 1 heterocycles. The Balaban J connectivity index is 1.84. The molecule has 0 bridgehead atoms. The van der Waals surface area contributed by atoms with E-state index in [1.165, 1.54) is 23.0 Å². The van der Waals surface area contributed by atoms with Crippen LogP contribution in [0.1, 0.15) is 36.9 Å². The van der Waals surface area contributed by atoms with E-state index in [4.69, 9.17) is 0 Å². The highest BCUT2D eigenvalue weighted by molar-refractivity contribution is 5.76. The molecule has 0 aliphatic carbocycles. The molecule has 26 heavy (non-hydrogen) atoms. The highest BCUT2D eigenvalue weighted by atomic mass is 19.4. The number of alkyl halides is 3. The maximum atomic E-state index is 12.7. The smallest absolute Gasteiger partial charge is 0.350 e. The van der Waals surface area contributed by atoms with Gasteiger partial charge in [-0.1, -0.05) is 12.1 Å². The number of hydrogen-bond acceptors (Lipinski definition) is 4. The van der Waals surface area contributed by atoms with E-state index in [1.54, 1.807) is 6.92 Å². The molecule has 0 saturated heterocycles. The summed E-state index contributed by atoms with van der Waals surface area (Å²) in [7, 11) is 0. The van der Waals surface area contributed by atoms with Gasteiger partial charge in [0.1, 0.15) is 12.4 Å². The standard InChI is InChI=1S/C16H17F3N4O3/c1-11(12-4-2-5-13(8-12)16(17,18)19)21-15(24)6-3-7-22-10-14(9-20-22)23(25)26/h2,4-5,8-11H,3,6-7H2,1H3,(H,21,24). The molecule has 140 valence electrons. The summed E-state index contributed by atoms with van der Waals surface area (Å²) in [6.45, 7) is 1.92. The van der Waals surface area contributed by atoms with Gasteiger partial charge in [0, 0.05) is 13.0 Å². The number of halogens is 3. The van der Waals surface area contributed by atoms with Crippen LogP contribution in [0.15, 0.2) is 36.7 Å². The van der Waals surface area contributed by atoms with Crippen LogP contribution in [0.3, 0.4) is 0 Å². The van der Waals surface area contributed by atoms with E-state index in [0.29, 0.717) is 18.5 Å². The Morgan fingerprint density at radius 3 is 2.77 bits per heavy atom. The van der Waals surface area contributed by atoms with Gasteiger partial charge in [-0.3, -0.25) is 19.6 Å². The normalized spacial score (nSPS) is 12.6. The molecule has 0 fully saturated rings. The predicted octanol–water partition coefficient (Wildman–Crippen LogP) is 3.47. The minimum atomic E-state index is -4.44. The lowest BCUT2D eigenvalue weighted by atomic mass is 10.0. The number of aromatic nitrogens is 2. The third-order valence-corrected chi connectivity index (χ3v) is 3.71. The van der Waals surface area contributed by atoms with Crippen LogP contribution in [0.25, 0.3) is 0 Å². The molecule has 0 saturated carbocycles. The first-order valence-electron chi connectivity index (χ1n) is 7.80. The van der Waals surface area contributed by atoms with Gasteiger partial charge in [0.05, 0.1) is 16.5 Å². The zero-order chi connectivity index (χ0) is 19.3. The van der Waals surface area contributed by atoms with Crippen LogP contribution in [-0.4, -0.2) is 20.6 Å². The fourth-order valence-corrected chi connectivity index (χ4v) is 2.35. The van der Waals surface area contributed by atoms with Crippen LogP contribution >= 0.6 is 0 Å². The van der Waals surface area contributed by atoms with Gasteiger partial charge in [-0.25, -0.2) is 0 Å². The van der Waals surface area contributed by atoms with Crippen molar-refractivity contribution < 1.29 is 22.9 Å². The number of carbonyl (C=O) groups excluding carboxylic acids is 1. The second-order valence-corrected chi connectivity index (χ2v) is 5.73. The molecule has 2 aromatic rings. The predicted molar refractivity (Wildman–Crippen MR) is 86.1 cm³/mol. The van der Waals surface area contributed by atoms with Gasteiger partial charge in [-0.05, 0) is 31.0 Å². The van der Waals surface area contributed by atoms with Crippen molar-refractivity contribution >= 4 is 11.6 Å². The number of nitrogens with zero attached hydrogens (tertiary/aromatic N) is 3. The zero-order valence-corrected chi connectivity index (χ0v) is 13.9. The minimum absolute atomic E-state index is 0.122. The van der Waals surface area contributed by atoms with Crippen molar-refractivity contribution in [3.8, 4) is 0 Å². The number of nitrogens with one attached hydrogen (secondary N) is 1. The van der Waals surface area contributed by atoms with Crippen LogP contribution in [0, 0.1) is 10.1 Å². The van der Waals surface area contributed by atoms with E-state index in [-0.39, 0.29) is 18.0 Å². The fraction of sp³-hybridized carbons (Fsp3) is 0.375. The van der Waals surface area contributed by atoms with E-state index in [9.17, 15) is 28.1 Å². The highest BCUT2D eigenvalue weighted by Crippen LogP contribution is 2.30. The first-order chi connectivity index (χ1) is 12.2. The SMILES string of the molecule is CC(NC(=O)CCCn1cc([N+](=O)[O-])cn1)c1cccc(C(F)(F)F)c1. The Labute approximate surface area is 147 Å². The van der Waals surface area contributed by atoms with Gasteiger partial charge in [0.25, 0.3) is 0 Å². The molecule has 1 aromatic heterocycles. The van der Waals surface area contributed by atoms with E-state index < -0.39 is 22.7 Å². The van der Waals surface area contributed by atoms with Gasteiger partial charge in [-0.2, -0.15) is 18.3 Å². The lowest BCUT2D eigenvalue weighted by molar-refractivity contribution is -0.385. The molecule has 7 nitrogen and oxygen atoms in total. The van der Waals surface area contributed by atoms with E-state index in [1.807, 2.05) is 0 Å². The van der Waals surface area contributed by atoms with Gasteiger partial charge >= 0.3 is 11.9 Å². The Kier molecular flexibility index (Phi) is 5.96. The average Bonchev–Trinajstić information content (AvgIpc) is 3.03. The van der Waals surface area contributed by atoms with Crippen LogP contribution in [0.2, 0.25) is 0 Å². The van der Waals surface area contributed by atoms with Crippen molar-refractivity contribution in [2.24, 2.45) is 0 Å². The number of carbonyl (C=O) groups is 1. The molecule has 1 amide bonds. The van der Waals surface area contributed by atoms with Crippen LogP contribution in [-0.2, 0) is 17.5 Å². The maximum Gasteiger partial charge on any atom is 0.416 e. The van der Waals surface area contributed by atoms with Crippen LogP contribution in [0.4, 0.5) is 18.9 Å². The molecule has 0 spiro atoms. The van der Waals surface area contributed by atoms with Crippen molar-refractivity contribution in [2.75, 3.05) is 0 Å². The second-order valence-electron chi connectivity index (χ2n) is 5.73. The molecule has 0 aliphatic rings. The van der Waals surface area contributed by atoms with E-state index >= 15 is 0 Å². The molecule has 10 heteroatoms. The van der Waals surface area contributed by atoms with Gasteiger partial charge in [0.15, 0.2) is 0 Å². The number of amides is 1. The third kappa shape index (κ3) is 5.30. The van der Waals surface area contributed by atoms with Gasteiger partial charge in [-0.15, -0.1) is 0 Å². The molecule has 1 N–H and O–H groups in total. The summed E-state index contributed by atoms with van der Waals surface area (Å²) in [5, 5.41) is 17.0. The number of benzene rings is 1. The molecular weight excluding hydrogens is 353 g/mol. The largest absolute Gasteiger partial charge is 0.416 e. The monoisotopic (exact) mass is 370 g/mol. The Bertz CT molecular complexity index is 789. The number of hydrogen-bond donors (Lipinski definition) is 1. The number of nitro groups is 1.